The van der Waals surface area contributed by atoms with Crippen LogP contribution in [0, 0.1) is 5.82 Å². The number of anilines is 2. The molecule has 0 radical (unpaired) electrons. The van der Waals surface area contributed by atoms with Gasteiger partial charge in [-0.25, -0.2) is 17.8 Å². The maximum absolute atomic E-state index is 14.7. The van der Waals surface area contributed by atoms with Crippen LogP contribution in [0.3, 0.4) is 0 Å². The molecular formula is C21H19ClFN5O3S. The first kappa shape index (κ1) is 21.0. The molecule has 11 heteroatoms. The number of rotatable bonds is 3. The van der Waals surface area contributed by atoms with Gasteiger partial charge in [-0.15, -0.1) is 0 Å². The number of nitrogens with zero attached hydrogens (tertiary/aromatic N) is 3. The number of aromatic nitrogens is 2. The van der Waals surface area contributed by atoms with Gasteiger partial charge >= 0.3 is 0 Å². The first-order chi connectivity index (χ1) is 15.3. The summed E-state index contributed by atoms with van der Waals surface area (Å²) in [6.45, 7) is 0.274. The van der Waals surface area contributed by atoms with Crippen LogP contribution in [-0.2, 0) is 14.6 Å². The van der Waals surface area contributed by atoms with Crippen molar-refractivity contribution in [1.82, 2.24) is 9.97 Å². The third-order valence-electron chi connectivity index (χ3n) is 5.90. The third kappa shape index (κ3) is 3.39. The molecule has 2 unspecified atom stereocenters. The molecule has 3 aromatic rings. The average molecular weight is 476 g/mol. The second-order valence-electron chi connectivity index (χ2n) is 7.85. The predicted octanol–water partition coefficient (Wildman–Crippen LogP) is 3.15. The molecule has 2 aliphatic rings. The van der Waals surface area contributed by atoms with Crippen molar-refractivity contribution in [2.75, 3.05) is 24.3 Å². The van der Waals surface area contributed by atoms with Gasteiger partial charge in [0.25, 0.3) is 0 Å². The second-order valence-corrected chi connectivity index (χ2v) is 10.6. The fraction of sp³-hybridized carbons (Fsp3) is 0.286. The Bertz CT molecular complexity index is 1360. The number of sulfone groups is 1. The molecule has 2 aromatic heterocycles. The van der Waals surface area contributed by atoms with E-state index in [0.29, 0.717) is 28.7 Å². The van der Waals surface area contributed by atoms with Crippen molar-refractivity contribution >= 4 is 49.7 Å². The van der Waals surface area contributed by atoms with Crippen molar-refractivity contribution in [1.29, 1.82) is 0 Å². The molecule has 1 aromatic carbocycles. The van der Waals surface area contributed by atoms with Gasteiger partial charge in [-0.3, -0.25) is 9.98 Å². The number of fused-ring (bicyclic) bond motifs is 1. The van der Waals surface area contributed by atoms with E-state index >= 15 is 0 Å². The van der Waals surface area contributed by atoms with Crippen molar-refractivity contribution in [3.63, 3.8) is 0 Å². The molecule has 1 fully saturated rings. The van der Waals surface area contributed by atoms with Crippen LogP contribution in [0.2, 0.25) is 5.02 Å². The number of benzene rings is 1. The highest BCUT2D eigenvalue weighted by Crippen LogP contribution is 2.38. The van der Waals surface area contributed by atoms with Crippen LogP contribution in [0.15, 0.2) is 47.7 Å². The lowest BCUT2D eigenvalue weighted by atomic mass is 10.0. The van der Waals surface area contributed by atoms with E-state index in [1.165, 1.54) is 24.4 Å². The van der Waals surface area contributed by atoms with Crippen LogP contribution in [0.25, 0.3) is 10.9 Å². The largest absolute Gasteiger partial charge is 0.386 e. The van der Waals surface area contributed by atoms with Gasteiger partial charge in [0.05, 0.1) is 23.4 Å². The van der Waals surface area contributed by atoms with Gasteiger partial charge in [-0.1, -0.05) is 11.6 Å². The van der Waals surface area contributed by atoms with E-state index in [1.54, 1.807) is 18.3 Å². The topological polar surface area (TPSA) is 120 Å². The van der Waals surface area contributed by atoms with E-state index in [4.69, 9.17) is 22.1 Å². The highest BCUT2D eigenvalue weighted by molar-refractivity contribution is 7.93. The minimum absolute atomic E-state index is 0.0226. The lowest BCUT2D eigenvalue weighted by molar-refractivity contribution is 0.194. The van der Waals surface area contributed by atoms with Crippen molar-refractivity contribution < 1.29 is 17.5 Å². The number of amidine groups is 1. The van der Waals surface area contributed by atoms with Crippen molar-refractivity contribution in [3.05, 3.63) is 59.1 Å². The lowest BCUT2D eigenvalue weighted by Crippen LogP contribution is -2.55. The lowest BCUT2D eigenvalue weighted by Gasteiger charge is -2.33. The quantitative estimate of drug-likeness (QED) is 0.597. The van der Waals surface area contributed by atoms with Gasteiger partial charge < -0.3 is 15.8 Å². The molecule has 0 bridgehead atoms. The third-order valence-corrected chi connectivity index (χ3v) is 8.59. The summed E-state index contributed by atoms with van der Waals surface area (Å²) in [6.07, 6.45) is 3.37. The number of halogens is 2. The molecule has 166 valence electrons. The summed E-state index contributed by atoms with van der Waals surface area (Å²) in [4.78, 5) is 13.0. The second kappa shape index (κ2) is 7.65. The first-order valence-corrected chi connectivity index (χ1v) is 11.9. The monoisotopic (exact) mass is 475 g/mol. The van der Waals surface area contributed by atoms with Crippen LogP contribution >= 0.6 is 11.6 Å². The van der Waals surface area contributed by atoms with Crippen molar-refractivity contribution in [2.24, 2.45) is 10.7 Å². The normalized spacial score (nSPS) is 24.6. The van der Waals surface area contributed by atoms with E-state index in [-0.39, 0.29) is 30.2 Å². The van der Waals surface area contributed by atoms with Crippen LogP contribution in [0.4, 0.5) is 15.9 Å². The zero-order valence-corrected chi connectivity index (χ0v) is 18.3. The van der Waals surface area contributed by atoms with Gasteiger partial charge in [0.15, 0.2) is 20.4 Å². The molecule has 2 atom stereocenters. The first-order valence-electron chi connectivity index (χ1n) is 9.90. The summed E-state index contributed by atoms with van der Waals surface area (Å²) in [7, 11) is -3.69. The summed E-state index contributed by atoms with van der Waals surface area (Å²) in [5, 5.41) is 4.41. The molecule has 4 heterocycles. The maximum Gasteiger partial charge on any atom is 0.168 e. The zero-order valence-electron chi connectivity index (χ0n) is 16.8. The number of hydrogen-bond donors (Lipinski definition) is 2. The molecule has 8 nitrogen and oxygen atoms in total. The van der Waals surface area contributed by atoms with E-state index in [9.17, 15) is 12.8 Å². The Labute approximate surface area is 188 Å². The molecule has 0 amide bonds. The number of pyridine rings is 2. The minimum atomic E-state index is -3.69. The Balaban J connectivity index is 1.51. The minimum Gasteiger partial charge on any atom is -0.386 e. The van der Waals surface area contributed by atoms with Crippen molar-refractivity contribution in [3.8, 4) is 0 Å². The fourth-order valence-electron chi connectivity index (χ4n) is 4.14. The molecule has 0 aliphatic carbocycles. The number of ether oxygens (including phenoxy) is 1. The van der Waals surface area contributed by atoms with E-state index < -0.39 is 26.4 Å². The molecule has 2 aliphatic heterocycles. The van der Waals surface area contributed by atoms with Gasteiger partial charge in [0.1, 0.15) is 17.2 Å². The number of hydrogen-bond acceptors (Lipinski definition) is 8. The standard InChI is InChI=1S/C21H19ClFN5O3S/c22-13-7-12-3-5-25-19(18(12)26-9-13)27-14-1-2-16(23)15(8-14)17-10-32(29,30)21(20(24)28-17)4-6-31-11-21/h1-3,5,7-9,17H,4,6,10-11H2,(H2,24,28)(H,25,27). The summed E-state index contributed by atoms with van der Waals surface area (Å²) in [5.41, 5.74) is 7.32. The van der Waals surface area contributed by atoms with Crippen LogP contribution in [0.5, 0.6) is 0 Å². The number of aliphatic imine (C=N–C) groups is 1. The molecule has 0 saturated carbocycles. The maximum atomic E-state index is 14.7. The number of nitrogens with one attached hydrogen (secondary N) is 1. The summed E-state index contributed by atoms with van der Waals surface area (Å²) < 4.78 is 44.8. The van der Waals surface area contributed by atoms with E-state index in [0.717, 1.165) is 5.39 Å². The Morgan fingerprint density at radius 2 is 2.09 bits per heavy atom. The SMILES string of the molecule is NC1=NC(c2cc(Nc3nccc4cc(Cl)cnc34)ccc2F)CS(=O)(=O)C12CCOC2. The van der Waals surface area contributed by atoms with Crippen LogP contribution in [-0.4, -0.2) is 47.9 Å². The Hall–Kier alpha value is -2.82. The molecule has 1 spiro atoms. The van der Waals surface area contributed by atoms with Gasteiger partial charge in [-0.2, -0.15) is 0 Å². The van der Waals surface area contributed by atoms with Crippen molar-refractivity contribution in [2.45, 2.75) is 17.2 Å². The fourth-order valence-corrected chi connectivity index (χ4v) is 6.32. The zero-order chi connectivity index (χ0) is 22.5. The Morgan fingerprint density at radius 1 is 1.25 bits per heavy atom. The Kier molecular flexibility index (Phi) is 5.03. The summed E-state index contributed by atoms with van der Waals surface area (Å²) >= 11 is 6.01. The molecular weight excluding hydrogens is 457 g/mol. The van der Waals surface area contributed by atoms with E-state index in [2.05, 4.69) is 20.3 Å². The highest BCUT2D eigenvalue weighted by atomic mass is 35.5. The summed E-state index contributed by atoms with van der Waals surface area (Å²) in [6, 6.07) is 6.90. The molecule has 3 N–H and O–H groups in total. The molecule has 5 rings (SSSR count). The van der Waals surface area contributed by atoms with Crippen LogP contribution < -0.4 is 11.1 Å². The summed E-state index contributed by atoms with van der Waals surface area (Å²) in [5.74, 6) is -0.482. The smallest absolute Gasteiger partial charge is 0.168 e. The predicted molar refractivity (Wildman–Crippen MR) is 121 cm³/mol. The van der Waals surface area contributed by atoms with Gasteiger partial charge in [-0.05, 0) is 36.8 Å². The van der Waals surface area contributed by atoms with E-state index in [1.807, 2.05) is 0 Å². The molecule has 1 saturated heterocycles. The van der Waals surface area contributed by atoms with Crippen LogP contribution in [0.1, 0.15) is 18.0 Å². The highest BCUT2D eigenvalue weighted by Gasteiger charge is 2.54. The Morgan fingerprint density at radius 3 is 2.84 bits per heavy atom. The van der Waals surface area contributed by atoms with Gasteiger partial charge in [0.2, 0.25) is 0 Å². The van der Waals surface area contributed by atoms with Gasteiger partial charge in [0, 0.05) is 35.6 Å². The number of nitrogens with two attached hydrogens (primary N) is 1. The average Bonchev–Trinajstić information content (AvgIpc) is 3.25. The molecule has 32 heavy (non-hydrogen) atoms.